The molecule has 1 aromatic carbocycles. The summed E-state index contributed by atoms with van der Waals surface area (Å²) in [5, 5.41) is 10.1. The van der Waals surface area contributed by atoms with Gasteiger partial charge in [0, 0.05) is 22.0 Å². The first-order valence-corrected chi connectivity index (χ1v) is 8.25. The summed E-state index contributed by atoms with van der Waals surface area (Å²) in [7, 11) is 0. The largest absolute Gasteiger partial charge is 0.298 e. The molecule has 4 heteroatoms. The van der Waals surface area contributed by atoms with Crippen molar-refractivity contribution in [2.45, 2.75) is 50.9 Å². The van der Waals surface area contributed by atoms with E-state index in [1.54, 1.807) is 18.2 Å². The molecule has 0 N–H and O–H groups in total. The maximum Gasteiger partial charge on any atom is 0.154 e. The van der Waals surface area contributed by atoms with E-state index in [4.69, 9.17) is 23.2 Å². The fraction of sp³-hybridized carbons (Fsp3) is 0.529. The molecule has 2 nitrogen and oxygen atoms in total. The predicted molar refractivity (Wildman–Crippen MR) is 85.6 cm³/mol. The molecule has 1 aliphatic carbocycles. The molecule has 1 aromatic rings. The monoisotopic (exact) mass is 323 g/mol. The number of rotatable bonds is 5. The maximum absolute atomic E-state index is 12.4. The van der Waals surface area contributed by atoms with E-state index in [1.807, 2.05) is 0 Å². The molecule has 1 saturated carbocycles. The molecular formula is C17H19Cl2NO. The summed E-state index contributed by atoms with van der Waals surface area (Å²) >= 11 is 12.2. The number of benzene rings is 1. The van der Waals surface area contributed by atoms with Gasteiger partial charge in [0.1, 0.15) is 5.92 Å². The SMILES string of the molecule is N#CC(C(=O)CCC1CCCCC1)c1c(Cl)cccc1Cl. The molecule has 0 radical (unpaired) electrons. The zero-order chi connectivity index (χ0) is 15.2. The minimum absolute atomic E-state index is 0.0712. The van der Waals surface area contributed by atoms with Gasteiger partial charge in [0.15, 0.2) is 5.78 Å². The second-order valence-corrected chi connectivity index (χ2v) is 6.52. The van der Waals surface area contributed by atoms with Crippen molar-refractivity contribution >= 4 is 29.0 Å². The lowest BCUT2D eigenvalue weighted by Crippen LogP contribution is -2.15. The van der Waals surface area contributed by atoms with Crippen LogP contribution in [0.4, 0.5) is 0 Å². The van der Waals surface area contributed by atoms with E-state index in [9.17, 15) is 10.1 Å². The van der Waals surface area contributed by atoms with Crippen molar-refractivity contribution in [1.29, 1.82) is 5.26 Å². The first-order valence-electron chi connectivity index (χ1n) is 7.49. The highest BCUT2D eigenvalue weighted by molar-refractivity contribution is 6.36. The molecule has 0 aromatic heterocycles. The molecule has 1 fully saturated rings. The van der Waals surface area contributed by atoms with Crippen LogP contribution in [0.1, 0.15) is 56.4 Å². The summed E-state index contributed by atoms with van der Waals surface area (Å²) in [6.45, 7) is 0. The number of carbonyl (C=O) groups is 1. The number of carbonyl (C=O) groups excluding carboxylic acids is 1. The first-order chi connectivity index (χ1) is 10.1. The third-order valence-electron chi connectivity index (χ3n) is 4.26. The lowest BCUT2D eigenvalue weighted by molar-refractivity contribution is -0.119. The highest BCUT2D eigenvalue weighted by Gasteiger charge is 2.25. The topological polar surface area (TPSA) is 40.9 Å². The average Bonchev–Trinajstić information content (AvgIpc) is 2.50. The third-order valence-corrected chi connectivity index (χ3v) is 4.92. The molecule has 1 aliphatic rings. The van der Waals surface area contributed by atoms with E-state index >= 15 is 0 Å². The minimum Gasteiger partial charge on any atom is -0.298 e. The molecule has 112 valence electrons. The Morgan fingerprint density at radius 1 is 1.24 bits per heavy atom. The lowest BCUT2D eigenvalue weighted by atomic mass is 9.84. The minimum atomic E-state index is -0.852. The van der Waals surface area contributed by atoms with Crippen LogP contribution >= 0.6 is 23.2 Å². The van der Waals surface area contributed by atoms with E-state index in [0.29, 0.717) is 27.9 Å². The molecule has 0 bridgehead atoms. The maximum atomic E-state index is 12.4. The number of hydrogen-bond donors (Lipinski definition) is 0. The van der Waals surface area contributed by atoms with Gasteiger partial charge in [-0.25, -0.2) is 0 Å². The average molecular weight is 324 g/mol. The van der Waals surface area contributed by atoms with Gasteiger partial charge in [-0.3, -0.25) is 4.79 Å². The fourth-order valence-electron chi connectivity index (χ4n) is 3.05. The van der Waals surface area contributed by atoms with Gasteiger partial charge in [-0.05, 0) is 24.5 Å². The van der Waals surface area contributed by atoms with Crippen LogP contribution in [-0.4, -0.2) is 5.78 Å². The quantitative estimate of drug-likeness (QED) is 0.714. The van der Waals surface area contributed by atoms with Crippen molar-refractivity contribution in [3.8, 4) is 6.07 Å². The Morgan fingerprint density at radius 3 is 2.43 bits per heavy atom. The molecule has 21 heavy (non-hydrogen) atoms. The van der Waals surface area contributed by atoms with Crippen LogP contribution in [0.25, 0.3) is 0 Å². The van der Waals surface area contributed by atoms with E-state index in [0.717, 1.165) is 6.42 Å². The summed E-state index contributed by atoms with van der Waals surface area (Å²) in [4.78, 5) is 12.4. The van der Waals surface area contributed by atoms with Crippen LogP contribution in [-0.2, 0) is 4.79 Å². The van der Waals surface area contributed by atoms with Gasteiger partial charge in [0.25, 0.3) is 0 Å². The second-order valence-electron chi connectivity index (χ2n) is 5.71. The number of nitrogens with zero attached hydrogens (tertiary/aromatic N) is 1. The van der Waals surface area contributed by atoms with Crippen LogP contribution in [0, 0.1) is 17.2 Å². The predicted octanol–water partition coefficient (Wildman–Crippen LogP) is 5.53. The molecule has 0 aliphatic heterocycles. The van der Waals surface area contributed by atoms with Crippen molar-refractivity contribution in [2.24, 2.45) is 5.92 Å². The van der Waals surface area contributed by atoms with Crippen molar-refractivity contribution in [3.63, 3.8) is 0 Å². The van der Waals surface area contributed by atoms with Crippen LogP contribution in [0.3, 0.4) is 0 Å². The van der Waals surface area contributed by atoms with Gasteiger partial charge >= 0.3 is 0 Å². The summed E-state index contributed by atoms with van der Waals surface area (Å²) < 4.78 is 0. The van der Waals surface area contributed by atoms with E-state index in [2.05, 4.69) is 6.07 Å². The summed E-state index contributed by atoms with van der Waals surface area (Å²) in [5.41, 5.74) is 0.456. The Balaban J connectivity index is 2.03. The molecule has 0 amide bonds. The highest BCUT2D eigenvalue weighted by Crippen LogP contribution is 2.34. The van der Waals surface area contributed by atoms with Crippen molar-refractivity contribution < 1.29 is 4.79 Å². The molecule has 2 rings (SSSR count). The summed E-state index contributed by atoms with van der Waals surface area (Å²) in [6.07, 6.45) is 7.55. The Hall–Kier alpha value is -1.04. The Morgan fingerprint density at radius 2 is 1.86 bits per heavy atom. The number of nitriles is 1. The van der Waals surface area contributed by atoms with Crippen LogP contribution in [0.5, 0.6) is 0 Å². The number of ketones is 1. The number of Topliss-reactive ketones (excluding diaryl/α,β-unsaturated/α-hetero) is 1. The van der Waals surface area contributed by atoms with E-state index < -0.39 is 5.92 Å². The molecule has 0 heterocycles. The molecular weight excluding hydrogens is 305 g/mol. The standard InChI is InChI=1S/C17H19Cl2NO/c18-14-7-4-8-15(19)17(14)13(11-20)16(21)10-9-12-5-2-1-3-6-12/h4,7-8,12-13H,1-3,5-6,9-10H2. The normalized spacial score (nSPS) is 17.2. The number of hydrogen-bond acceptors (Lipinski definition) is 2. The van der Waals surface area contributed by atoms with Crippen molar-refractivity contribution in [1.82, 2.24) is 0 Å². The van der Waals surface area contributed by atoms with Gasteiger partial charge in [0.2, 0.25) is 0 Å². The van der Waals surface area contributed by atoms with Crippen molar-refractivity contribution in [3.05, 3.63) is 33.8 Å². The van der Waals surface area contributed by atoms with E-state index in [1.165, 1.54) is 32.1 Å². The van der Waals surface area contributed by atoms with Crippen LogP contribution in [0.15, 0.2) is 18.2 Å². The van der Waals surface area contributed by atoms with Gasteiger partial charge < -0.3 is 0 Å². The molecule has 1 unspecified atom stereocenters. The summed E-state index contributed by atoms with van der Waals surface area (Å²) in [6, 6.07) is 7.12. The molecule has 0 saturated heterocycles. The van der Waals surface area contributed by atoms with Gasteiger partial charge in [0.05, 0.1) is 6.07 Å². The molecule has 0 spiro atoms. The Bertz CT molecular complexity index is 524. The number of halogens is 2. The zero-order valence-electron chi connectivity index (χ0n) is 11.9. The van der Waals surface area contributed by atoms with E-state index in [-0.39, 0.29) is 5.78 Å². The Kier molecular flexibility index (Phi) is 6.08. The highest BCUT2D eigenvalue weighted by atomic mass is 35.5. The lowest BCUT2D eigenvalue weighted by Gasteiger charge is -2.21. The van der Waals surface area contributed by atoms with Crippen LogP contribution < -0.4 is 0 Å². The van der Waals surface area contributed by atoms with Crippen LogP contribution in [0.2, 0.25) is 10.0 Å². The third kappa shape index (κ3) is 4.22. The molecule has 1 atom stereocenters. The second kappa shape index (κ2) is 7.82. The first kappa shape index (κ1) is 16.3. The summed E-state index contributed by atoms with van der Waals surface area (Å²) in [5.74, 6) is -0.295. The Labute approximate surface area is 136 Å². The smallest absolute Gasteiger partial charge is 0.154 e. The fourth-order valence-corrected chi connectivity index (χ4v) is 3.67. The van der Waals surface area contributed by atoms with Gasteiger partial charge in [-0.1, -0.05) is 61.4 Å². The van der Waals surface area contributed by atoms with Gasteiger partial charge in [-0.2, -0.15) is 5.26 Å². The zero-order valence-corrected chi connectivity index (χ0v) is 13.5. The van der Waals surface area contributed by atoms with Crippen molar-refractivity contribution in [2.75, 3.05) is 0 Å². The van der Waals surface area contributed by atoms with Gasteiger partial charge in [-0.15, -0.1) is 0 Å².